The van der Waals surface area contributed by atoms with Crippen LogP contribution < -0.4 is 10.6 Å². The van der Waals surface area contributed by atoms with Gasteiger partial charge in [0.2, 0.25) is 5.91 Å². The Morgan fingerprint density at radius 3 is 2.25 bits per heavy atom. The molecule has 0 aliphatic heterocycles. The van der Waals surface area contributed by atoms with Crippen LogP contribution in [0.5, 0.6) is 5.75 Å². The number of benzene rings is 2. The monoisotopic (exact) mass is 328 g/mol. The van der Waals surface area contributed by atoms with E-state index in [1.165, 1.54) is 24.3 Å². The summed E-state index contributed by atoms with van der Waals surface area (Å²) in [5.41, 5.74) is 0.729. The van der Waals surface area contributed by atoms with Gasteiger partial charge in [-0.05, 0) is 42.5 Å². The maximum absolute atomic E-state index is 12.2. The number of rotatable bonds is 5. The second kappa shape index (κ2) is 7.28. The second-order valence-electron chi connectivity index (χ2n) is 4.97. The first-order valence-electron chi connectivity index (χ1n) is 7.18. The highest BCUT2D eigenvalue weighted by molar-refractivity contribution is 6.08. The molecule has 7 nitrogen and oxygen atoms in total. The number of anilines is 2. The van der Waals surface area contributed by atoms with E-state index in [0.29, 0.717) is 17.7 Å². The molecule has 0 aromatic heterocycles. The number of nitrogens with one attached hydrogen (secondary N) is 2. The van der Waals surface area contributed by atoms with Crippen LogP contribution in [0.2, 0.25) is 0 Å². The zero-order valence-electron chi connectivity index (χ0n) is 12.9. The summed E-state index contributed by atoms with van der Waals surface area (Å²) in [5.74, 6) is -2.11. The van der Waals surface area contributed by atoms with Gasteiger partial charge in [0.25, 0.3) is 5.91 Å². The number of amides is 2. The lowest BCUT2D eigenvalue weighted by atomic mass is 10.1. The third-order valence-corrected chi connectivity index (χ3v) is 3.23. The fourth-order valence-electron chi connectivity index (χ4n) is 1.97. The van der Waals surface area contributed by atoms with Crippen molar-refractivity contribution in [2.75, 3.05) is 10.6 Å². The van der Waals surface area contributed by atoms with E-state index in [-0.39, 0.29) is 22.9 Å². The highest BCUT2D eigenvalue weighted by Crippen LogP contribution is 2.22. The summed E-state index contributed by atoms with van der Waals surface area (Å²) >= 11 is 0. The van der Waals surface area contributed by atoms with Crippen LogP contribution in [-0.2, 0) is 4.79 Å². The van der Waals surface area contributed by atoms with Crippen LogP contribution in [0.3, 0.4) is 0 Å². The average molecular weight is 328 g/mol. The van der Waals surface area contributed by atoms with Gasteiger partial charge < -0.3 is 20.8 Å². The Balaban J connectivity index is 2.16. The summed E-state index contributed by atoms with van der Waals surface area (Å²) < 4.78 is 0. The summed E-state index contributed by atoms with van der Waals surface area (Å²) in [5, 5.41) is 23.6. The van der Waals surface area contributed by atoms with Gasteiger partial charge in [-0.25, -0.2) is 4.79 Å². The SMILES string of the molecule is CCC(=O)Nc1ccc(C(=O)Nc2ccc(O)cc2C(=O)O)cc1. The second-order valence-corrected chi connectivity index (χ2v) is 4.97. The predicted molar refractivity (Wildman–Crippen MR) is 88.4 cm³/mol. The Labute approximate surface area is 137 Å². The molecule has 0 saturated heterocycles. The van der Waals surface area contributed by atoms with Crippen LogP contribution >= 0.6 is 0 Å². The van der Waals surface area contributed by atoms with E-state index in [2.05, 4.69) is 10.6 Å². The van der Waals surface area contributed by atoms with Crippen LogP contribution in [0.4, 0.5) is 11.4 Å². The van der Waals surface area contributed by atoms with Gasteiger partial charge >= 0.3 is 5.97 Å². The van der Waals surface area contributed by atoms with Gasteiger partial charge in [-0.15, -0.1) is 0 Å². The van der Waals surface area contributed by atoms with Gasteiger partial charge in [-0.1, -0.05) is 6.92 Å². The first-order valence-corrected chi connectivity index (χ1v) is 7.18. The van der Waals surface area contributed by atoms with Gasteiger partial charge in [0.15, 0.2) is 0 Å². The highest BCUT2D eigenvalue weighted by Gasteiger charge is 2.14. The summed E-state index contributed by atoms with van der Waals surface area (Å²) in [6.07, 6.45) is 0.348. The summed E-state index contributed by atoms with van der Waals surface area (Å²) in [7, 11) is 0. The molecule has 0 saturated carbocycles. The molecule has 124 valence electrons. The maximum Gasteiger partial charge on any atom is 0.337 e. The van der Waals surface area contributed by atoms with Gasteiger partial charge in [-0.2, -0.15) is 0 Å². The Morgan fingerprint density at radius 1 is 1.00 bits per heavy atom. The number of carbonyl (C=O) groups is 3. The molecule has 2 amide bonds. The van der Waals surface area contributed by atoms with E-state index in [0.717, 1.165) is 6.07 Å². The van der Waals surface area contributed by atoms with E-state index in [4.69, 9.17) is 5.11 Å². The lowest BCUT2D eigenvalue weighted by Gasteiger charge is -2.10. The number of carboxylic acids is 1. The molecule has 24 heavy (non-hydrogen) atoms. The first-order chi connectivity index (χ1) is 11.4. The molecule has 0 fully saturated rings. The molecule has 0 spiro atoms. The number of aromatic hydroxyl groups is 1. The molecule has 0 unspecified atom stereocenters. The molecule has 0 bridgehead atoms. The van der Waals surface area contributed by atoms with Crippen LogP contribution in [-0.4, -0.2) is 28.0 Å². The third-order valence-electron chi connectivity index (χ3n) is 3.23. The van der Waals surface area contributed by atoms with Gasteiger partial charge in [0.05, 0.1) is 11.3 Å². The Morgan fingerprint density at radius 2 is 1.67 bits per heavy atom. The molecule has 2 aromatic carbocycles. The smallest absolute Gasteiger partial charge is 0.337 e. The molecule has 0 aliphatic rings. The molecule has 2 aromatic rings. The zero-order chi connectivity index (χ0) is 17.7. The van der Waals surface area contributed by atoms with Crippen molar-refractivity contribution in [3.8, 4) is 5.75 Å². The van der Waals surface area contributed by atoms with Crippen molar-refractivity contribution < 1.29 is 24.6 Å². The number of aromatic carboxylic acids is 1. The van der Waals surface area contributed by atoms with Crippen molar-refractivity contribution in [1.29, 1.82) is 0 Å². The maximum atomic E-state index is 12.2. The average Bonchev–Trinajstić information content (AvgIpc) is 2.56. The molecular weight excluding hydrogens is 312 g/mol. The lowest BCUT2D eigenvalue weighted by Crippen LogP contribution is -2.15. The molecular formula is C17H16N2O5. The molecule has 4 N–H and O–H groups in total. The standard InChI is InChI=1S/C17H16N2O5/c1-2-15(21)18-11-5-3-10(4-6-11)16(22)19-14-8-7-12(20)9-13(14)17(23)24/h3-9,20H,2H2,1H3,(H,18,21)(H,19,22)(H,23,24). The Bertz CT molecular complexity index is 784. The first kappa shape index (κ1) is 17.0. The quantitative estimate of drug-likeness (QED) is 0.630. The van der Waals surface area contributed by atoms with Gasteiger partial charge in [0, 0.05) is 17.7 Å². The molecule has 2 rings (SSSR count). The van der Waals surface area contributed by atoms with Crippen molar-refractivity contribution in [2.24, 2.45) is 0 Å². The number of phenols is 1. The number of carbonyl (C=O) groups excluding carboxylic acids is 2. The molecule has 0 aliphatic carbocycles. The predicted octanol–water partition coefficient (Wildman–Crippen LogP) is 2.69. The van der Waals surface area contributed by atoms with Gasteiger partial charge in [0.1, 0.15) is 5.75 Å². The van der Waals surface area contributed by atoms with E-state index in [1.54, 1.807) is 19.1 Å². The number of phenolic OH excluding ortho intramolecular Hbond substituents is 1. The Kier molecular flexibility index (Phi) is 5.16. The molecule has 7 heteroatoms. The van der Waals surface area contributed by atoms with Crippen LogP contribution in [0.25, 0.3) is 0 Å². The van der Waals surface area contributed by atoms with Crippen molar-refractivity contribution in [2.45, 2.75) is 13.3 Å². The normalized spacial score (nSPS) is 10.0. The summed E-state index contributed by atoms with van der Waals surface area (Å²) in [4.78, 5) is 34.7. The fraction of sp³-hybridized carbons (Fsp3) is 0.118. The van der Waals surface area contributed by atoms with E-state index in [1.807, 2.05) is 0 Å². The minimum Gasteiger partial charge on any atom is -0.508 e. The van der Waals surface area contributed by atoms with Gasteiger partial charge in [-0.3, -0.25) is 9.59 Å². The third kappa shape index (κ3) is 4.10. The van der Waals surface area contributed by atoms with Crippen molar-refractivity contribution in [3.05, 3.63) is 53.6 Å². The van der Waals surface area contributed by atoms with Crippen LogP contribution in [0.15, 0.2) is 42.5 Å². The zero-order valence-corrected chi connectivity index (χ0v) is 12.9. The van der Waals surface area contributed by atoms with Crippen molar-refractivity contribution in [1.82, 2.24) is 0 Å². The summed E-state index contributed by atoms with van der Waals surface area (Å²) in [6, 6.07) is 9.84. The Hall–Kier alpha value is -3.35. The highest BCUT2D eigenvalue weighted by atomic mass is 16.4. The number of carboxylic acid groups (broad SMARTS) is 1. The van der Waals surface area contributed by atoms with E-state index in [9.17, 15) is 19.5 Å². The van der Waals surface area contributed by atoms with Crippen LogP contribution in [0, 0.1) is 0 Å². The molecule has 0 atom stereocenters. The van der Waals surface area contributed by atoms with E-state index < -0.39 is 11.9 Å². The topological polar surface area (TPSA) is 116 Å². The summed E-state index contributed by atoms with van der Waals surface area (Å²) in [6.45, 7) is 1.73. The number of hydrogen-bond donors (Lipinski definition) is 4. The van der Waals surface area contributed by atoms with Crippen molar-refractivity contribution >= 4 is 29.2 Å². The molecule has 0 heterocycles. The van der Waals surface area contributed by atoms with Crippen molar-refractivity contribution in [3.63, 3.8) is 0 Å². The minimum atomic E-state index is -1.26. The van der Waals surface area contributed by atoms with Crippen LogP contribution in [0.1, 0.15) is 34.1 Å². The largest absolute Gasteiger partial charge is 0.508 e. The minimum absolute atomic E-state index is 0.0775. The lowest BCUT2D eigenvalue weighted by molar-refractivity contribution is -0.115. The molecule has 0 radical (unpaired) electrons. The number of hydrogen-bond acceptors (Lipinski definition) is 4. The van der Waals surface area contributed by atoms with E-state index >= 15 is 0 Å². The fourth-order valence-corrected chi connectivity index (χ4v) is 1.97.